The Hall–Kier alpha value is -2.50. The van der Waals surface area contributed by atoms with Crippen LogP contribution < -0.4 is 5.32 Å². The molecule has 6 heteroatoms. The molecule has 0 aromatic heterocycles. The summed E-state index contributed by atoms with van der Waals surface area (Å²) in [4.78, 5) is 9.87. The number of nitrogens with one attached hydrogen (secondary N) is 1. The summed E-state index contributed by atoms with van der Waals surface area (Å²) >= 11 is 0. The zero-order valence-electron chi connectivity index (χ0n) is 9.72. The summed E-state index contributed by atoms with van der Waals surface area (Å²) in [6.07, 6.45) is 0. The maximum absolute atomic E-state index is 13.9. The summed E-state index contributed by atoms with van der Waals surface area (Å²) in [5, 5.41) is 12.5. The Morgan fingerprint density at radius 1 is 1.00 bits per heavy atom. The van der Waals surface area contributed by atoms with E-state index in [9.17, 15) is 18.9 Å². The van der Waals surface area contributed by atoms with Crippen molar-refractivity contribution in [2.45, 2.75) is 6.05 Å². The normalized spacial score (nSPS) is 11.1. The third-order valence-corrected chi connectivity index (χ3v) is 2.52. The lowest BCUT2D eigenvalue weighted by Crippen LogP contribution is -2.24. The van der Waals surface area contributed by atoms with Gasteiger partial charge in [0.25, 0.3) is 5.69 Å². The molecular formula is C13H10F2N2O2. The molecule has 0 unspecified atom stereocenters. The van der Waals surface area contributed by atoms with Crippen LogP contribution in [-0.4, -0.2) is 4.92 Å². The van der Waals surface area contributed by atoms with Crippen LogP contribution >= 0.6 is 0 Å². The Bertz CT molecular complexity index is 571. The molecule has 0 bridgehead atoms. The van der Waals surface area contributed by atoms with Crippen molar-refractivity contribution in [1.29, 1.82) is 0 Å². The number of non-ortho nitro benzene ring substituents is 1. The highest BCUT2D eigenvalue weighted by atomic mass is 19.3. The van der Waals surface area contributed by atoms with Crippen molar-refractivity contribution in [2.24, 2.45) is 0 Å². The van der Waals surface area contributed by atoms with Crippen LogP contribution in [0.2, 0.25) is 0 Å². The molecule has 2 aromatic carbocycles. The van der Waals surface area contributed by atoms with Crippen molar-refractivity contribution in [3.8, 4) is 0 Å². The largest absolute Gasteiger partial charge is 0.350 e. The number of benzene rings is 2. The van der Waals surface area contributed by atoms with Gasteiger partial charge in [0.05, 0.1) is 4.92 Å². The molecular weight excluding hydrogens is 254 g/mol. The molecule has 0 atom stereocenters. The van der Waals surface area contributed by atoms with Crippen LogP contribution in [-0.2, 0) is 6.05 Å². The van der Waals surface area contributed by atoms with E-state index in [0.717, 1.165) is 0 Å². The van der Waals surface area contributed by atoms with Crippen molar-refractivity contribution in [3.63, 3.8) is 0 Å². The molecule has 0 radical (unpaired) electrons. The number of anilines is 1. The number of nitro benzene ring substituents is 1. The van der Waals surface area contributed by atoms with Gasteiger partial charge in [-0.2, -0.15) is 8.78 Å². The first-order valence-electron chi connectivity index (χ1n) is 5.45. The first-order valence-corrected chi connectivity index (χ1v) is 5.45. The molecule has 0 saturated heterocycles. The van der Waals surface area contributed by atoms with Crippen molar-refractivity contribution in [2.75, 3.05) is 5.32 Å². The molecule has 0 aliphatic carbocycles. The van der Waals surface area contributed by atoms with E-state index < -0.39 is 11.0 Å². The van der Waals surface area contributed by atoms with Gasteiger partial charge in [-0.15, -0.1) is 0 Å². The lowest BCUT2D eigenvalue weighted by Gasteiger charge is -2.19. The first kappa shape index (κ1) is 12.9. The van der Waals surface area contributed by atoms with Crippen LogP contribution in [0.4, 0.5) is 20.2 Å². The van der Waals surface area contributed by atoms with Gasteiger partial charge in [0.1, 0.15) is 0 Å². The van der Waals surface area contributed by atoms with Gasteiger partial charge in [0.2, 0.25) is 0 Å². The zero-order valence-corrected chi connectivity index (χ0v) is 9.72. The average molecular weight is 264 g/mol. The Balaban J connectivity index is 2.18. The molecule has 0 amide bonds. The predicted molar refractivity (Wildman–Crippen MR) is 67.1 cm³/mol. The van der Waals surface area contributed by atoms with Crippen molar-refractivity contribution < 1.29 is 13.7 Å². The van der Waals surface area contributed by atoms with E-state index in [2.05, 4.69) is 0 Å². The predicted octanol–water partition coefficient (Wildman–Crippen LogP) is 3.76. The monoisotopic (exact) mass is 264 g/mol. The molecule has 0 spiro atoms. The highest BCUT2D eigenvalue weighted by Gasteiger charge is 2.30. The number of alkyl halides is 2. The molecule has 2 aromatic rings. The summed E-state index contributed by atoms with van der Waals surface area (Å²) in [7, 11) is 0. The quantitative estimate of drug-likeness (QED) is 0.519. The van der Waals surface area contributed by atoms with Gasteiger partial charge in [-0.1, -0.05) is 30.3 Å². The molecule has 4 nitrogen and oxygen atoms in total. The molecule has 0 fully saturated rings. The Labute approximate surface area is 107 Å². The van der Waals surface area contributed by atoms with Crippen molar-refractivity contribution in [1.82, 2.24) is 0 Å². The fourth-order valence-electron chi connectivity index (χ4n) is 1.57. The summed E-state index contributed by atoms with van der Waals surface area (Å²) < 4.78 is 27.7. The van der Waals surface area contributed by atoms with Gasteiger partial charge >= 0.3 is 6.05 Å². The zero-order chi connectivity index (χ0) is 13.9. The SMILES string of the molecule is O=[N+]([O-])c1ccc(NC(F)(F)c2ccccc2)cc1. The molecule has 0 saturated carbocycles. The summed E-state index contributed by atoms with van der Waals surface area (Å²) in [6.45, 7) is 0. The van der Waals surface area contributed by atoms with Gasteiger partial charge < -0.3 is 5.32 Å². The minimum atomic E-state index is -3.24. The number of hydrogen-bond acceptors (Lipinski definition) is 3. The first-order chi connectivity index (χ1) is 8.99. The number of rotatable bonds is 4. The second kappa shape index (κ2) is 5.01. The van der Waals surface area contributed by atoms with Crippen LogP contribution in [0.1, 0.15) is 5.56 Å². The van der Waals surface area contributed by atoms with Gasteiger partial charge in [-0.25, -0.2) is 0 Å². The molecule has 0 heterocycles. The van der Waals surface area contributed by atoms with Crippen molar-refractivity contribution in [3.05, 3.63) is 70.3 Å². The maximum atomic E-state index is 13.9. The van der Waals surface area contributed by atoms with E-state index in [1.807, 2.05) is 5.32 Å². The van der Waals surface area contributed by atoms with Gasteiger partial charge in [0.15, 0.2) is 0 Å². The van der Waals surface area contributed by atoms with E-state index in [1.54, 1.807) is 6.07 Å². The number of nitrogens with zero attached hydrogens (tertiary/aromatic N) is 1. The fraction of sp³-hybridized carbons (Fsp3) is 0.0769. The molecule has 0 aliphatic rings. The highest BCUT2D eigenvalue weighted by Crippen LogP contribution is 2.29. The average Bonchev–Trinajstić information content (AvgIpc) is 2.40. The van der Waals surface area contributed by atoms with Gasteiger partial charge in [-0.3, -0.25) is 10.1 Å². The lowest BCUT2D eigenvalue weighted by atomic mass is 10.2. The van der Waals surface area contributed by atoms with E-state index in [1.165, 1.54) is 48.5 Å². The summed E-state index contributed by atoms with van der Waals surface area (Å²) in [5.74, 6) is 0. The third kappa shape index (κ3) is 3.04. The number of hydrogen-bond donors (Lipinski definition) is 1. The lowest BCUT2D eigenvalue weighted by molar-refractivity contribution is -0.384. The molecule has 19 heavy (non-hydrogen) atoms. The third-order valence-electron chi connectivity index (χ3n) is 2.52. The molecule has 0 aliphatic heterocycles. The van der Waals surface area contributed by atoms with Gasteiger partial charge in [-0.05, 0) is 12.1 Å². The topological polar surface area (TPSA) is 55.2 Å². The van der Waals surface area contributed by atoms with Crippen LogP contribution in [0, 0.1) is 10.1 Å². The highest BCUT2D eigenvalue weighted by molar-refractivity contribution is 5.50. The molecule has 1 N–H and O–H groups in total. The van der Waals surface area contributed by atoms with Gasteiger partial charge in [0, 0.05) is 23.4 Å². The minimum Gasteiger partial charge on any atom is -0.323 e. The minimum absolute atomic E-state index is 0.111. The second-order valence-electron chi connectivity index (χ2n) is 3.87. The second-order valence-corrected chi connectivity index (χ2v) is 3.87. The standard InChI is InChI=1S/C13H10F2N2O2/c14-13(15,10-4-2-1-3-5-10)16-11-6-8-12(9-7-11)17(18)19/h1-9,16H. The van der Waals surface area contributed by atoms with E-state index >= 15 is 0 Å². The Morgan fingerprint density at radius 2 is 1.58 bits per heavy atom. The van der Waals surface area contributed by atoms with Crippen LogP contribution in [0.15, 0.2) is 54.6 Å². The number of nitro groups is 1. The summed E-state index contributed by atoms with van der Waals surface area (Å²) in [6, 6.07) is 8.87. The van der Waals surface area contributed by atoms with Crippen molar-refractivity contribution >= 4 is 11.4 Å². The molecule has 2 rings (SSSR count). The molecule has 98 valence electrons. The van der Waals surface area contributed by atoms with Crippen LogP contribution in [0.5, 0.6) is 0 Å². The fourth-order valence-corrected chi connectivity index (χ4v) is 1.57. The van der Waals surface area contributed by atoms with E-state index in [4.69, 9.17) is 0 Å². The van der Waals surface area contributed by atoms with E-state index in [0.29, 0.717) is 0 Å². The number of halogens is 2. The Kier molecular flexibility index (Phi) is 3.41. The Morgan fingerprint density at radius 3 is 2.11 bits per heavy atom. The van der Waals surface area contributed by atoms with E-state index in [-0.39, 0.29) is 16.9 Å². The summed E-state index contributed by atoms with van der Waals surface area (Å²) in [5.41, 5.74) is -0.207. The van der Waals surface area contributed by atoms with Crippen LogP contribution in [0.25, 0.3) is 0 Å². The van der Waals surface area contributed by atoms with Crippen LogP contribution in [0.3, 0.4) is 0 Å². The smallest absolute Gasteiger partial charge is 0.323 e. The maximum Gasteiger partial charge on any atom is 0.350 e.